The lowest BCUT2D eigenvalue weighted by atomic mass is 9.88. The molecule has 0 heterocycles. The maximum Gasteiger partial charge on any atom is 0.271 e. The van der Waals surface area contributed by atoms with Gasteiger partial charge in [0.15, 0.2) is 0 Å². The molecular weight excluding hydrogens is 328 g/mol. The van der Waals surface area contributed by atoms with Gasteiger partial charge in [-0.3, -0.25) is 14.9 Å². The van der Waals surface area contributed by atoms with E-state index in [0.29, 0.717) is 5.69 Å². The summed E-state index contributed by atoms with van der Waals surface area (Å²) < 4.78 is 0. The fourth-order valence-electron chi connectivity index (χ4n) is 2.89. The zero-order chi connectivity index (χ0) is 18.4. The number of nitrogens with one attached hydrogen (secondary N) is 1. The molecule has 1 amide bonds. The van der Waals surface area contributed by atoms with Crippen LogP contribution in [0.4, 0.5) is 11.4 Å². The molecule has 0 aliphatic carbocycles. The third-order valence-corrected chi connectivity index (χ3v) is 4.13. The molecular formula is C21H18N2O3. The van der Waals surface area contributed by atoms with Gasteiger partial charge in [-0.25, -0.2) is 0 Å². The minimum absolute atomic E-state index is 0.0505. The van der Waals surface area contributed by atoms with E-state index in [9.17, 15) is 14.9 Å². The van der Waals surface area contributed by atoms with Crippen molar-refractivity contribution in [3.63, 3.8) is 0 Å². The number of nitro benzene ring substituents is 1. The van der Waals surface area contributed by atoms with E-state index in [2.05, 4.69) is 5.32 Å². The first-order valence-corrected chi connectivity index (χ1v) is 8.27. The van der Waals surface area contributed by atoms with Crippen LogP contribution >= 0.6 is 0 Å². The lowest BCUT2D eigenvalue weighted by Gasteiger charge is -2.18. The molecule has 0 aromatic heterocycles. The van der Waals surface area contributed by atoms with Crippen LogP contribution in [0.3, 0.4) is 0 Å². The third-order valence-electron chi connectivity index (χ3n) is 4.13. The van der Waals surface area contributed by atoms with Crippen LogP contribution in [-0.2, 0) is 4.79 Å². The van der Waals surface area contributed by atoms with E-state index in [-0.39, 0.29) is 23.9 Å². The molecule has 1 N–H and O–H groups in total. The smallest absolute Gasteiger partial charge is 0.271 e. The predicted octanol–water partition coefficient (Wildman–Crippen LogP) is 4.76. The fraction of sp³-hybridized carbons (Fsp3) is 0.0952. The van der Waals surface area contributed by atoms with E-state index in [1.54, 1.807) is 12.1 Å². The summed E-state index contributed by atoms with van der Waals surface area (Å²) in [6.45, 7) is 0. The van der Waals surface area contributed by atoms with Crippen LogP contribution in [0.1, 0.15) is 23.5 Å². The Hall–Kier alpha value is -3.47. The number of benzene rings is 3. The highest BCUT2D eigenvalue weighted by Gasteiger charge is 2.18. The molecule has 0 aliphatic rings. The molecule has 0 atom stereocenters. The van der Waals surface area contributed by atoms with Crippen molar-refractivity contribution in [1.29, 1.82) is 0 Å². The van der Waals surface area contributed by atoms with Crippen molar-refractivity contribution >= 4 is 17.3 Å². The van der Waals surface area contributed by atoms with E-state index in [1.165, 1.54) is 12.1 Å². The number of non-ortho nitro benzene ring substituents is 1. The Balaban J connectivity index is 1.80. The largest absolute Gasteiger partial charge is 0.326 e. The second kappa shape index (κ2) is 8.07. The predicted molar refractivity (Wildman–Crippen MR) is 101 cm³/mol. The molecule has 0 saturated heterocycles. The number of carbonyl (C=O) groups is 1. The Morgan fingerprint density at radius 1 is 0.885 bits per heavy atom. The molecule has 26 heavy (non-hydrogen) atoms. The second-order valence-electron chi connectivity index (χ2n) is 5.93. The van der Waals surface area contributed by atoms with Crippen molar-refractivity contribution in [2.75, 3.05) is 5.32 Å². The summed E-state index contributed by atoms with van der Waals surface area (Å²) in [5, 5.41) is 13.6. The van der Waals surface area contributed by atoms with Gasteiger partial charge in [0.2, 0.25) is 5.91 Å². The Labute approximate surface area is 151 Å². The molecule has 3 aromatic carbocycles. The van der Waals surface area contributed by atoms with E-state index in [0.717, 1.165) is 11.1 Å². The summed E-state index contributed by atoms with van der Waals surface area (Å²) in [6.07, 6.45) is 0.247. The minimum atomic E-state index is -0.480. The summed E-state index contributed by atoms with van der Waals surface area (Å²) in [7, 11) is 0. The van der Waals surface area contributed by atoms with E-state index >= 15 is 0 Å². The van der Waals surface area contributed by atoms with Crippen LogP contribution in [0.2, 0.25) is 0 Å². The van der Waals surface area contributed by atoms with Crippen LogP contribution in [0, 0.1) is 10.1 Å². The summed E-state index contributed by atoms with van der Waals surface area (Å²) in [5.74, 6) is -0.278. The van der Waals surface area contributed by atoms with Crippen molar-refractivity contribution in [1.82, 2.24) is 0 Å². The minimum Gasteiger partial charge on any atom is -0.326 e. The first-order valence-electron chi connectivity index (χ1n) is 8.27. The highest BCUT2D eigenvalue weighted by atomic mass is 16.6. The molecule has 0 unspecified atom stereocenters. The molecule has 0 radical (unpaired) electrons. The van der Waals surface area contributed by atoms with E-state index in [4.69, 9.17) is 0 Å². The normalized spacial score (nSPS) is 10.5. The van der Waals surface area contributed by atoms with Crippen molar-refractivity contribution in [2.24, 2.45) is 0 Å². The lowest BCUT2D eigenvalue weighted by molar-refractivity contribution is -0.384. The van der Waals surface area contributed by atoms with Crippen LogP contribution in [-0.4, -0.2) is 10.8 Å². The van der Waals surface area contributed by atoms with Gasteiger partial charge in [0.25, 0.3) is 5.69 Å². The number of nitrogens with zero attached hydrogens (tertiary/aromatic N) is 1. The Morgan fingerprint density at radius 3 is 2.00 bits per heavy atom. The molecule has 5 heteroatoms. The molecule has 130 valence electrons. The van der Waals surface area contributed by atoms with Gasteiger partial charge < -0.3 is 5.32 Å². The number of nitro groups is 1. The SMILES string of the molecule is O=C(CC(c1ccccc1)c1ccccc1)Nc1cccc([N+](=O)[O-])c1. The molecule has 3 aromatic rings. The average Bonchev–Trinajstić information content (AvgIpc) is 2.67. The Morgan fingerprint density at radius 2 is 1.46 bits per heavy atom. The molecule has 0 bridgehead atoms. The summed E-state index contributed by atoms with van der Waals surface area (Å²) in [4.78, 5) is 23.0. The topological polar surface area (TPSA) is 72.2 Å². The first-order chi connectivity index (χ1) is 12.6. The van der Waals surface area contributed by atoms with Gasteiger partial charge in [-0.05, 0) is 17.2 Å². The third kappa shape index (κ3) is 4.33. The van der Waals surface area contributed by atoms with Gasteiger partial charge in [0, 0.05) is 30.2 Å². The van der Waals surface area contributed by atoms with Crippen LogP contribution in [0.25, 0.3) is 0 Å². The Bertz CT molecular complexity index is 856. The molecule has 0 spiro atoms. The number of rotatable bonds is 6. The number of amides is 1. The summed E-state index contributed by atoms with van der Waals surface area (Å²) in [5.41, 5.74) is 2.47. The van der Waals surface area contributed by atoms with E-state index in [1.807, 2.05) is 60.7 Å². The Kier molecular flexibility index (Phi) is 5.39. The second-order valence-corrected chi connectivity index (χ2v) is 5.93. The first kappa shape index (κ1) is 17.4. The van der Waals surface area contributed by atoms with Gasteiger partial charge in [-0.15, -0.1) is 0 Å². The quantitative estimate of drug-likeness (QED) is 0.517. The van der Waals surface area contributed by atoms with Crippen molar-refractivity contribution in [3.05, 3.63) is 106 Å². The number of carbonyl (C=O) groups excluding carboxylic acids is 1. The molecule has 0 saturated carbocycles. The molecule has 0 fully saturated rings. The zero-order valence-electron chi connectivity index (χ0n) is 14.0. The van der Waals surface area contributed by atoms with Crippen LogP contribution < -0.4 is 5.32 Å². The summed E-state index contributed by atoms with van der Waals surface area (Å²) in [6, 6.07) is 25.6. The molecule has 3 rings (SSSR count). The van der Waals surface area contributed by atoms with Crippen LogP contribution in [0.5, 0.6) is 0 Å². The monoisotopic (exact) mass is 346 g/mol. The van der Waals surface area contributed by atoms with Gasteiger partial charge >= 0.3 is 0 Å². The molecule has 0 aliphatic heterocycles. The van der Waals surface area contributed by atoms with Crippen LogP contribution in [0.15, 0.2) is 84.9 Å². The van der Waals surface area contributed by atoms with Gasteiger partial charge in [-0.1, -0.05) is 66.7 Å². The van der Waals surface area contributed by atoms with Gasteiger partial charge in [-0.2, -0.15) is 0 Å². The maximum absolute atomic E-state index is 12.6. The van der Waals surface area contributed by atoms with Crippen molar-refractivity contribution < 1.29 is 9.72 Å². The average molecular weight is 346 g/mol. The highest BCUT2D eigenvalue weighted by Crippen LogP contribution is 2.28. The lowest BCUT2D eigenvalue weighted by Crippen LogP contribution is -2.16. The van der Waals surface area contributed by atoms with E-state index < -0.39 is 4.92 Å². The number of hydrogen-bond donors (Lipinski definition) is 1. The van der Waals surface area contributed by atoms with Crippen molar-refractivity contribution in [2.45, 2.75) is 12.3 Å². The number of hydrogen-bond acceptors (Lipinski definition) is 3. The molecule has 5 nitrogen and oxygen atoms in total. The summed E-state index contributed by atoms with van der Waals surface area (Å²) >= 11 is 0. The maximum atomic E-state index is 12.6. The van der Waals surface area contributed by atoms with Gasteiger partial charge in [0.05, 0.1) is 4.92 Å². The number of anilines is 1. The van der Waals surface area contributed by atoms with Gasteiger partial charge in [0.1, 0.15) is 0 Å². The highest BCUT2D eigenvalue weighted by molar-refractivity contribution is 5.91. The zero-order valence-corrected chi connectivity index (χ0v) is 14.0. The standard InChI is InChI=1S/C21H18N2O3/c24-21(22-18-12-7-13-19(14-18)23(25)26)15-20(16-8-3-1-4-9-16)17-10-5-2-6-11-17/h1-14,20H,15H2,(H,22,24). The fourth-order valence-corrected chi connectivity index (χ4v) is 2.89. The van der Waals surface area contributed by atoms with Crippen molar-refractivity contribution in [3.8, 4) is 0 Å².